The Balaban J connectivity index is 1.58. The molecule has 2 atom stereocenters. The lowest BCUT2D eigenvalue weighted by Gasteiger charge is -2.29. The summed E-state index contributed by atoms with van der Waals surface area (Å²) in [5.41, 5.74) is 2.27. The van der Waals surface area contributed by atoms with Gasteiger partial charge in [-0.15, -0.1) is 0 Å². The molecule has 0 aromatic heterocycles. The first kappa shape index (κ1) is 12.9. The van der Waals surface area contributed by atoms with E-state index < -0.39 is 0 Å². The van der Waals surface area contributed by atoms with Crippen molar-refractivity contribution in [3.05, 3.63) is 29.3 Å². The van der Waals surface area contributed by atoms with E-state index in [9.17, 15) is 5.11 Å². The van der Waals surface area contributed by atoms with E-state index in [1.165, 1.54) is 5.56 Å². The molecule has 1 unspecified atom stereocenters. The number of likely N-dealkylation sites (N-methyl/N-ethyl adjacent to an activating group) is 1. The third-order valence-corrected chi connectivity index (χ3v) is 3.94. The molecule has 3 rings (SSSR count). The van der Waals surface area contributed by atoms with Crippen LogP contribution in [0, 0.1) is 0 Å². The maximum Gasteiger partial charge on any atom is 0.119 e. The van der Waals surface area contributed by atoms with Crippen molar-refractivity contribution in [2.24, 2.45) is 0 Å². The van der Waals surface area contributed by atoms with Gasteiger partial charge in [0, 0.05) is 13.1 Å². The molecule has 104 valence electrons. The molecule has 1 fully saturated rings. The normalized spacial score (nSPS) is 27.3. The summed E-state index contributed by atoms with van der Waals surface area (Å²) < 4.78 is 11.5. The van der Waals surface area contributed by atoms with Crippen molar-refractivity contribution in [2.45, 2.75) is 25.0 Å². The molecule has 0 radical (unpaired) electrons. The summed E-state index contributed by atoms with van der Waals surface area (Å²) in [5.74, 6) is 0.879. The molecular formula is C15H21NO3. The number of aliphatic hydroxyl groups is 1. The molecule has 1 aromatic carbocycles. The summed E-state index contributed by atoms with van der Waals surface area (Å²) >= 11 is 0. The molecule has 1 saturated heterocycles. The number of morpholine rings is 1. The lowest BCUT2D eigenvalue weighted by atomic mass is 10.1. The second kappa shape index (κ2) is 5.49. The molecule has 0 bridgehead atoms. The summed E-state index contributed by atoms with van der Waals surface area (Å²) in [6.45, 7) is 3.28. The van der Waals surface area contributed by atoms with Gasteiger partial charge in [0.15, 0.2) is 0 Å². The molecule has 0 saturated carbocycles. The number of rotatable bonds is 3. The van der Waals surface area contributed by atoms with E-state index in [4.69, 9.17) is 9.47 Å². The average molecular weight is 263 g/mol. The highest BCUT2D eigenvalue weighted by Crippen LogP contribution is 2.33. The third kappa shape index (κ3) is 2.91. The maximum absolute atomic E-state index is 9.77. The number of fused-ring (bicyclic) bond motifs is 1. The van der Waals surface area contributed by atoms with Gasteiger partial charge >= 0.3 is 0 Å². The van der Waals surface area contributed by atoms with Gasteiger partial charge in [0.25, 0.3) is 0 Å². The van der Waals surface area contributed by atoms with Gasteiger partial charge in [-0.05, 0) is 43.1 Å². The molecule has 2 aliphatic rings. The highest BCUT2D eigenvalue weighted by molar-refractivity contribution is 5.39. The number of benzene rings is 1. The lowest BCUT2D eigenvalue weighted by molar-refractivity contribution is -0.0403. The zero-order chi connectivity index (χ0) is 13.2. The van der Waals surface area contributed by atoms with Gasteiger partial charge in [0.1, 0.15) is 18.5 Å². The summed E-state index contributed by atoms with van der Waals surface area (Å²) in [4.78, 5) is 2.26. The van der Waals surface area contributed by atoms with Gasteiger partial charge in [0.2, 0.25) is 0 Å². The first-order valence-electron chi connectivity index (χ1n) is 6.96. The summed E-state index contributed by atoms with van der Waals surface area (Å²) in [7, 11) is 2.10. The minimum Gasteiger partial charge on any atom is -0.491 e. The van der Waals surface area contributed by atoms with Gasteiger partial charge < -0.3 is 19.5 Å². The van der Waals surface area contributed by atoms with E-state index in [0.29, 0.717) is 6.61 Å². The fourth-order valence-corrected chi connectivity index (χ4v) is 2.82. The zero-order valence-electron chi connectivity index (χ0n) is 11.3. The van der Waals surface area contributed by atoms with Crippen molar-refractivity contribution in [2.75, 3.05) is 33.4 Å². The van der Waals surface area contributed by atoms with E-state index in [1.807, 2.05) is 12.1 Å². The predicted octanol–water partition coefficient (Wildman–Crippen LogP) is 1.38. The van der Waals surface area contributed by atoms with E-state index >= 15 is 0 Å². The largest absolute Gasteiger partial charge is 0.491 e. The third-order valence-electron chi connectivity index (χ3n) is 3.94. The van der Waals surface area contributed by atoms with Crippen LogP contribution in [0.5, 0.6) is 5.75 Å². The van der Waals surface area contributed by atoms with Crippen LogP contribution in [0.2, 0.25) is 0 Å². The highest BCUT2D eigenvalue weighted by Gasteiger charge is 2.21. The van der Waals surface area contributed by atoms with E-state index in [2.05, 4.69) is 18.0 Å². The molecule has 1 aromatic rings. The Morgan fingerprint density at radius 1 is 1.47 bits per heavy atom. The molecule has 1 N–H and O–H groups in total. The van der Waals surface area contributed by atoms with Crippen molar-refractivity contribution < 1.29 is 14.6 Å². The molecular weight excluding hydrogens is 242 g/mol. The van der Waals surface area contributed by atoms with Gasteiger partial charge in [-0.3, -0.25) is 0 Å². The number of hydrogen-bond donors (Lipinski definition) is 1. The van der Waals surface area contributed by atoms with Gasteiger partial charge in [-0.25, -0.2) is 0 Å². The second-order valence-electron chi connectivity index (χ2n) is 5.48. The van der Waals surface area contributed by atoms with E-state index in [1.54, 1.807) is 0 Å². The first-order valence-corrected chi connectivity index (χ1v) is 6.96. The van der Waals surface area contributed by atoms with Crippen LogP contribution in [0.15, 0.2) is 18.2 Å². The standard InChI is InChI=1S/C15H21NO3/c1-16-6-7-18-13(9-16)10-19-12-3-4-14-11(8-12)2-5-15(14)17/h3-4,8,13,15,17H,2,5-7,9-10H2,1H3/t13?,15-/m0/s1. The number of hydrogen-bond acceptors (Lipinski definition) is 4. The number of ether oxygens (including phenoxy) is 2. The maximum atomic E-state index is 9.77. The van der Waals surface area contributed by atoms with Crippen molar-refractivity contribution in [1.82, 2.24) is 4.90 Å². The lowest BCUT2D eigenvalue weighted by Crippen LogP contribution is -2.42. The predicted molar refractivity (Wildman–Crippen MR) is 72.5 cm³/mol. The number of nitrogens with zero attached hydrogens (tertiary/aromatic N) is 1. The summed E-state index contributed by atoms with van der Waals surface area (Å²) in [6.07, 6.45) is 1.63. The quantitative estimate of drug-likeness (QED) is 0.894. The first-order chi connectivity index (χ1) is 9.22. The zero-order valence-corrected chi connectivity index (χ0v) is 11.3. The van der Waals surface area contributed by atoms with Crippen LogP contribution in [0.25, 0.3) is 0 Å². The van der Waals surface area contributed by atoms with Crippen molar-refractivity contribution in [1.29, 1.82) is 0 Å². The Morgan fingerprint density at radius 3 is 3.21 bits per heavy atom. The van der Waals surface area contributed by atoms with Crippen LogP contribution < -0.4 is 4.74 Å². The molecule has 1 heterocycles. The van der Waals surface area contributed by atoms with Gasteiger partial charge in [-0.1, -0.05) is 6.07 Å². The van der Waals surface area contributed by atoms with Crippen LogP contribution in [-0.2, 0) is 11.2 Å². The molecule has 0 amide bonds. The molecule has 1 aliphatic heterocycles. The van der Waals surface area contributed by atoms with Crippen molar-refractivity contribution in [3.8, 4) is 5.75 Å². The number of aryl methyl sites for hydroxylation is 1. The van der Waals surface area contributed by atoms with Gasteiger partial charge in [0.05, 0.1) is 12.7 Å². The van der Waals surface area contributed by atoms with Crippen LogP contribution in [0.4, 0.5) is 0 Å². The van der Waals surface area contributed by atoms with Gasteiger partial charge in [-0.2, -0.15) is 0 Å². The summed E-state index contributed by atoms with van der Waals surface area (Å²) in [5, 5.41) is 9.77. The van der Waals surface area contributed by atoms with Crippen LogP contribution >= 0.6 is 0 Å². The van der Waals surface area contributed by atoms with Crippen LogP contribution in [-0.4, -0.2) is 49.5 Å². The Bertz CT molecular complexity index is 449. The molecule has 4 heteroatoms. The molecule has 0 spiro atoms. The minimum atomic E-state index is -0.292. The summed E-state index contributed by atoms with van der Waals surface area (Å²) in [6, 6.07) is 5.98. The Kier molecular flexibility index (Phi) is 3.73. The second-order valence-corrected chi connectivity index (χ2v) is 5.48. The fourth-order valence-electron chi connectivity index (χ4n) is 2.82. The Hall–Kier alpha value is -1.10. The Morgan fingerprint density at radius 2 is 2.37 bits per heavy atom. The van der Waals surface area contributed by atoms with Crippen molar-refractivity contribution in [3.63, 3.8) is 0 Å². The fraction of sp³-hybridized carbons (Fsp3) is 0.600. The molecule has 19 heavy (non-hydrogen) atoms. The highest BCUT2D eigenvalue weighted by atomic mass is 16.5. The van der Waals surface area contributed by atoms with E-state index in [-0.39, 0.29) is 12.2 Å². The van der Waals surface area contributed by atoms with Crippen LogP contribution in [0.3, 0.4) is 0 Å². The molecule has 4 nitrogen and oxygen atoms in total. The minimum absolute atomic E-state index is 0.151. The van der Waals surface area contributed by atoms with Crippen LogP contribution in [0.1, 0.15) is 23.7 Å². The van der Waals surface area contributed by atoms with Crippen molar-refractivity contribution >= 4 is 0 Å². The smallest absolute Gasteiger partial charge is 0.119 e. The number of aliphatic hydroxyl groups excluding tert-OH is 1. The monoisotopic (exact) mass is 263 g/mol. The molecule has 1 aliphatic carbocycles. The van der Waals surface area contributed by atoms with E-state index in [0.717, 1.165) is 43.9 Å². The topological polar surface area (TPSA) is 41.9 Å². The SMILES string of the molecule is CN1CCOC(COc2ccc3c(c2)CC[C@@H]3O)C1. The Labute approximate surface area is 113 Å². The average Bonchev–Trinajstić information content (AvgIpc) is 2.78.